The summed E-state index contributed by atoms with van der Waals surface area (Å²) in [5.74, 6) is -0.755. The molecule has 1 saturated heterocycles. The van der Waals surface area contributed by atoms with Crippen LogP contribution in [0.4, 0.5) is 19.0 Å². The maximum Gasteiger partial charge on any atom is 0.274 e. The van der Waals surface area contributed by atoms with E-state index in [0.717, 1.165) is 23.6 Å². The molecule has 1 fully saturated rings. The summed E-state index contributed by atoms with van der Waals surface area (Å²) in [6, 6.07) is 4.18. The Labute approximate surface area is 181 Å². The van der Waals surface area contributed by atoms with Crippen molar-refractivity contribution < 1.29 is 17.9 Å². The Kier molecular flexibility index (Phi) is 6.05. The van der Waals surface area contributed by atoms with Gasteiger partial charge in [0, 0.05) is 36.9 Å². The van der Waals surface area contributed by atoms with E-state index in [4.69, 9.17) is 4.74 Å². The van der Waals surface area contributed by atoms with Gasteiger partial charge in [0.2, 0.25) is 0 Å². The molecule has 170 valence electrons. The molecule has 1 N–H and O–H groups in total. The van der Waals surface area contributed by atoms with Gasteiger partial charge in [0.25, 0.3) is 17.5 Å². The minimum absolute atomic E-state index is 0.0422. The predicted molar refractivity (Wildman–Crippen MR) is 114 cm³/mol. The van der Waals surface area contributed by atoms with E-state index in [0.29, 0.717) is 18.6 Å². The van der Waals surface area contributed by atoms with Crippen molar-refractivity contribution in [3.63, 3.8) is 0 Å². The van der Waals surface area contributed by atoms with E-state index < -0.39 is 29.4 Å². The largest absolute Gasteiger partial charge is 0.379 e. The van der Waals surface area contributed by atoms with Gasteiger partial charge >= 0.3 is 0 Å². The SMILES string of the molecule is C[C@@H](Nc1nn(C)c(=O)c2cc(=O)n([C@H]3CCCOC3)cc12)c1cccc(C(F)F)c1F. The second-order valence-corrected chi connectivity index (χ2v) is 7.91. The Hall–Kier alpha value is -3.14. The first-order valence-corrected chi connectivity index (χ1v) is 10.3. The molecule has 2 atom stereocenters. The molecule has 7 nitrogen and oxygen atoms in total. The Morgan fingerprint density at radius 1 is 1.22 bits per heavy atom. The van der Waals surface area contributed by atoms with Crippen LogP contribution in [-0.2, 0) is 11.8 Å². The smallest absolute Gasteiger partial charge is 0.274 e. The Morgan fingerprint density at radius 2 is 1.97 bits per heavy atom. The molecule has 3 heterocycles. The van der Waals surface area contributed by atoms with Gasteiger partial charge in [-0.3, -0.25) is 9.59 Å². The third kappa shape index (κ3) is 4.02. The van der Waals surface area contributed by atoms with Gasteiger partial charge in [0.15, 0.2) is 5.82 Å². The fourth-order valence-electron chi connectivity index (χ4n) is 4.03. The van der Waals surface area contributed by atoms with E-state index in [-0.39, 0.29) is 28.4 Å². The molecule has 1 aliphatic heterocycles. The fraction of sp³-hybridized carbons (Fsp3) is 0.409. The summed E-state index contributed by atoms with van der Waals surface area (Å²) in [7, 11) is 1.44. The molecule has 0 bridgehead atoms. The Morgan fingerprint density at radius 3 is 2.66 bits per heavy atom. The van der Waals surface area contributed by atoms with Crippen LogP contribution in [0.3, 0.4) is 0 Å². The van der Waals surface area contributed by atoms with Crippen LogP contribution in [0, 0.1) is 5.82 Å². The zero-order valence-electron chi connectivity index (χ0n) is 17.6. The average Bonchev–Trinajstić information content (AvgIpc) is 2.77. The number of anilines is 1. The van der Waals surface area contributed by atoms with Crippen LogP contribution in [0.2, 0.25) is 0 Å². The molecule has 0 radical (unpaired) electrons. The van der Waals surface area contributed by atoms with Gasteiger partial charge in [-0.1, -0.05) is 18.2 Å². The second-order valence-electron chi connectivity index (χ2n) is 7.91. The monoisotopic (exact) mass is 448 g/mol. The number of aryl methyl sites for hydroxylation is 1. The predicted octanol–water partition coefficient (Wildman–Crippen LogP) is 3.70. The van der Waals surface area contributed by atoms with Crippen LogP contribution in [0.1, 0.15) is 49.4 Å². The van der Waals surface area contributed by atoms with Crippen LogP contribution in [0.5, 0.6) is 0 Å². The molecule has 1 aromatic carbocycles. The molecular formula is C22H23F3N4O3. The molecule has 1 aliphatic rings. The first kappa shape index (κ1) is 22.1. The highest BCUT2D eigenvalue weighted by Crippen LogP contribution is 2.30. The number of pyridine rings is 1. The third-order valence-corrected chi connectivity index (χ3v) is 5.75. The molecule has 0 amide bonds. The van der Waals surface area contributed by atoms with Crippen LogP contribution in [0.15, 0.2) is 40.1 Å². The molecule has 0 unspecified atom stereocenters. The lowest BCUT2D eigenvalue weighted by atomic mass is 10.0. The van der Waals surface area contributed by atoms with E-state index in [1.165, 1.54) is 29.8 Å². The number of halogens is 3. The van der Waals surface area contributed by atoms with Gasteiger partial charge in [0.1, 0.15) is 5.82 Å². The van der Waals surface area contributed by atoms with Crippen LogP contribution in [0.25, 0.3) is 10.8 Å². The highest BCUT2D eigenvalue weighted by molar-refractivity contribution is 5.90. The number of aromatic nitrogens is 3. The highest BCUT2D eigenvalue weighted by atomic mass is 19.3. The second kappa shape index (κ2) is 8.78. The van der Waals surface area contributed by atoms with E-state index in [2.05, 4.69) is 10.4 Å². The van der Waals surface area contributed by atoms with Crippen LogP contribution < -0.4 is 16.4 Å². The van der Waals surface area contributed by atoms with E-state index in [1.807, 2.05) is 0 Å². The van der Waals surface area contributed by atoms with Gasteiger partial charge in [-0.05, 0) is 19.8 Å². The first-order chi connectivity index (χ1) is 15.3. The number of alkyl halides is 2. The van der Waals surface area contributed by atoms with E-state index in [1.54, 1.807) is 13.1 Å². The van der Waals surface area contributed by atoms with Crippen molar-refractivity contribution in [1.82, 2.24) is 14.3 Å². The number of benzene rings is 1. The molecule has 32 heavy (non-hydrogen) atoms. The zero-order valence-corrected chi connectivity index (χ0v) is 17.6. The third-order valence-electron chi connectivity index (χ3n) is 5.75. The van der Waals surface area contributed by atoms with Crippen molar-refractivity contribution in [2.45, 2.75) is 38.3 Å². The summed E-state index contributed by atoms with van der Waals surface area (Å²) in [6.45, 7) is 2.63. The summed E-state index contributed by atoms with van der Waals surface area (Å²) in [5.41, 5.74) is -1.42. The molecule has 0 saturated carbocycles. The molecule has 3 aromatic rings. The number of rotatable bonds is 5. The maximum absolute atomic E-state index is 14.6. The number of fused-ring (bicyclic) bond motifs is 1. The number of nitrogens with zero attached hydrogens (tertiary/aromatic N) is 3. The van der Waals surface area contributed by atoms with Crippen LogP contribution in [-0.4, -0.2) is 27.6 Å². The van der Waals surface area contributed by atoms with Gasteiger partial charge in [-0.15, -0.1) is 0 Å². The summed E-state index contributed by atoms with van der Waals surface area (Å²) < 4.78 is 48.9. The minimum atomic E-state index is -2.94. The highest BCUT2D eigenvalue weighted by Gasteiger charge is 2.22. The van der Waals surface area contributed by atoms with Gasteiger partial charge in [0.05, 0.1) is 29.6 Å². The van der Waals surface area contributed by atoms with Crippen molar-refractivity contribution in [2.75, 3.05) is 18.5 Å². The van der Waals surface area contributed by atoms with Crippen molar-refractivity contribution in [3.8, 4) is 0 Å². The maximum atomic E-state index is 14.6. The van der Waals surface area contributed by atoms with Crippen molar-refractivity contribution >= 4 is 16.6 Å². The average molecular weight is 448 g/mol. The summed E-state index contributed by atoms with van der Waals surface area (Å²) in [5, 5.41) is 7.82. The summed E-state index contributed by atoms with van der Waals surface area (Å²) in [4.78, 5) is 25.3. The van der Waals surface area contributed by atoms with E-state index >= 15 is 0 Å². The molecular weight excluding hydrogens is 425 g/mol. The lowest BCUT2D eigenvalue weighted by Gasteiger charge is -2.25. The number of hydrogen-bond donors (Lipinski definition) is 1. The topological polar surface area (TPSA) is 78.2 Å². The van der Waals surface area contributed by atoms with Gasteiger partial charge < -0.3 is 14.6 Å². The standard InChI is InChI=1S/C22H23F3N4O3/c1-12(14-6-3-7-15(19(14)23)20(24)25)26-21-17-10-29(13-5-4-8-32-11-13)18(30)9-16(17)22(31)28(2)27-21/h3,6-7,9-10,12-13,20H,4-5,8,11H2,1-2H3,(H,26,27)/t12-,13+/m1/s1. The minimum Gasteiger partial charge on any atom is -0.379 e. The molecule has 0 aliphatic carbocycles. The molecule has 10 heteroatoms. The number of nitrogens with one attached hydrogen (secondary N) is 1. The molecule has 0 spiro atoms. The fourth-order valence-corrected chi connectivity index (χ4v) is 4.03. The Bertz CT molecular complexity index is 1270. The lowest BCUT2D eigenvalue weighted by Crippen LogP contribution is -2.31. The van der Waals surface area contributed by atoms with Crippen molar-refractivity contribution in [1.29, 1.82) is 0 Å². The van der Waals surface area contributed by atoms with Gasteiger partial charge in [-0.25, -0.2) is 17.9 Å². The van der Waals surface area contributed by atoms with Crippen LogP contribution >= 0.6 is 0 Å². The normalized spacial score (nSPS) is 17.6. The summed E-state index contributed by atoms with van der Waals surface area (Å²) >= 11 is 0. The summed E-state index contributed by atoms with van der Waals surface area (Å²) in [6.07, 6.45) is 0.193. The molecule has 2 aromatic heterocycles. The quantitative estimate of drug-likeness (QED) is 0.644. The molecule has 4 rings (SSSR count). The van der Waals surface area contributed by atoms with E-state index in [9.17, 15) is 22.8 Å². The lowest BCUT2D eigenvalue weighted by molar-refractivity contribution is 0.0581. The van der Waals surface area contributed by atoms with Gasteiger partial charge in [-0.2, -0.15) is 5.10 Å². The zero-order chi connectivity index (χ0) is 23.0. The van der Waals surface area contributed by atoms with Crippen molar-refractivity contribution in [2.24, 2.45) is 7.05 Å². The van der Waals surface area contributed by atoms with Crippen molar-refractivity contribution in [3.05, 3.63) is 68.1 Å². The number of hydrogen-bond acceptors (Lipinski definition) is 5. The Balaban J connectivity index is 1.80. The first-order valence-electron chi connectivity index (χ1n) is 10.3. The number of ether oxygens (including phenoxy) is 1.